The van der Waals surface area contributed by atoms with E-state index < -0.39 is 0 Å². The summed E-state index contributed by atoms with van der Waals surface area (Å²) < 4.78 is 2.18. The van der Waals surface area contributed by atoms with Crippen LogP contribution in [0.1, 0.15) is 17.3 Å². The van der Waals surface area contributed by atoms with E-state index in [2.05, 4.69) is 75.3 Å². The maximum absolute atomic E-state index is 6.50. The number of fused-ring (bicyclic) bond motifs is 1. The Bertz CT molecular complexity index is 1280. The van der Waals surface area contributed by atoms with Crippen molar-refractivity contribution in [2.45, 2.75) is 12.5 Å². The highest BCUT2D eigenvalue weighted by Crippen LogP contribution is 2.35. The van der Waals surface area contributed by atoms with Gasteiger partial charge in [-0.15, -0.1) is 0 Å². The number of H-pyrrole nitrogens is 1. The lowest BCUT2D eigenvalue weighted by atomic mass is 9.99. The number of nitrogens with zero attached hydrogens (tertiary/aromatic N) is 2. The highest BCUT2D eigenvalue weighted by Gasteiger charge is 2.19. The molecule has 3 N–H and O–H groups in total. The van der Waals surface area contributed by atoms with Crippen LogP contribution in [0.3, 0.4) is 0 Å². The van der Waals surface area contributed by atoms with Gasteiger partial charge in [-0.2, -0.15) is 0 Å². The van der Waals surface area contributed by atoms with E-state index in [-0.39, 0.29) is 6.04 Å². The Hall–Kier alpha value is -3.50. The van der Waals surface area contributed by atoms with E-state index in [0.29, 0.717) is 0 Å². The summed E-state index contributed by atoms with van der Waals surface area (Å²) in [6.07, 6.45) is 8.52. The predicted molar refractivity (Wildman–Crippen MR) is 124 cm³/mol. The van der Waals surface area contributed by atoms with Gasteiger partial charge in [-0.1, -0.05) is 66.2 Å². The van der Waals surface area contributed by atoms with Crippen LogP contribution < -0.4 is 5.73 Å². The van der Waals surface area contributed by atoms with Crippen LogP contribution in [0.15, 0.2) is 91.6 Å². The third kappa shape index (κ3) is 3.46. The van der Waals surface area contributed by atoms with E-state index in [1.165, 1.54) is 16.3 Å². The number of aromatic amines is 1. The van der Waals surface area contributed by atoms with Crippen LogP contribution in [0, 0.1) is 0 Å². The Morgan fingerprint density at radius 1 is 0.933 bits per heavy atom. The molecule has 0 aliphatic heterocycles. The zero-order valence-electron chi connectivity index (χ0n) is 16.3. The predicted octanol–water partition coefficient (Wildman–Crippen LogP) is 6.10. The van der Waals surface area contributed by atoms with Gasteiger partial charge in [-0.3, -0.25) is 0 Å². The van der Waals surface area contributed by atoms with Crippen molar-refractivity contribution in [1.82, 2.24) is 14.5 Å². The first kappa shape index (κ1) is 18.5. The topological polar surface area (TPSA) is 59.6 Å². The molecule has 2 aromatic heterocycles. The standard InChI is InChI=1S/C25H21ClN4/c26-19-10-8-17(9-11-19)12-25(24-13-28-16-29-24)30-14-22(23(27)15-30)21-7-3-5-18-4-1-2-6-20(18)21/h1-11,13-16,25H,12,27H2,(H,28,29). The number of halogens is 1. The van der Waals surface area contributed by atoms with Crippen LogP contribution in [0.25, 0.3) is 21.9 Å². The molecule has 148 valence electrons. The fourth-order valence-electron chi connectivity index (χ4n) is 4.02. The van der Waals surface area contributed by atoms with Gasteiger partial charge in [0.2, 0.25) is 0 Å². The third-order valence-electron chi connectivity index (χ3n) is 5.54. The largest absolute Gasteiger partial charge is 0.397 e. The second-order valence-corrected chi connectivity index (χ2v) is 7.89. The number of imidazole rings is 1. The highest BCUT2D eigenvalue weighted by molar-refractivity contribution is 6.30. The molecule has 0 amide bonds. The molecule has 0 aliphatic rings. The van der Waals surface area contributed by atoms with Crippen LogP contribution in [0.4, 0.5) is 5.69 Å². The van der Waals surface area contributed by atoms with E-state index >= 15 is 0 Å². The monoisotopic (exact) mass is 412 g/mol. The first-order valence-corrected chi connectivity index (χ1v) is 10.2. The van der Waals surface area contributed by atoms with Crippen LogP contribution in [0.5, 0.6) is 0 Å². The van der Waals surface area contributed by atoms with Gasteiger partial charge < -0.3 is 15.3 Å². The van der Waals surface area contributed by atoms with Crippen LogP contribution >= 0.6 is 11.6 Å². The lowest BCUT2D eigenvalue weighted by Gasteiger charge is -2.18. The highest BCUT2D eigenvalue weighted by atomic mass is 35.5. The normalized spacial score (nSPS) is 12.3. The number of rotatable bonds is 5. The molecule has 0 saturated carbocycles. The van der Waals surface area contributed by atoms with E-state index in [0.717, 1.165) is 34.0 Å². The maximum atomic E-state index is 6.50. The molecule has 5 aromatic rings. The molecule has 1 atom stereocenters. The number of nitrogen functional groups attached to an aromatic ring is 1. The number of anilines is 1. The summed E-state index contributed by atoms with van der Waals surface area (Å²) >= 11 is 6.07. The van der Waals surface area contributed by atoms with Crippen LogP contribution in [-0.2, 0) is 6.42 Å². The molecule has 0 bridgehead atoms. The fraction of sp³-hybridized carbons (Fsp3) is 0.0800. The number of hydrogen-bond donors (Lipinski definition) is 2. The molecule has 5 rings (SSSR count). The van der Waals surface area contributed by atoms with Crippen molar-refractivity contribution in [3.8, 4) is 11.1 Å². The van der Waals surface area contributed by atoms with Gasteiger partial charge in [0.1, 0.15) is 0 Å². The van der Waals surface area contributed by atoms with Gasteiger partial charge in [0.15, 0.2) is 0 Å². The minimum Gasteiger partial charge on any atom is -0.397 e. The molecule has 1 unspecified atom stereocenters. The molecular weight excluding hydrogens is 392 g/mol. The molecule has 4 nitrogen and oxygen atoms in total. The molecule has 0 radical (unpaired) electrons. The fourth-order valence-corrected chi connectivity index (χ4v) is 4.15. The molecule has 0 spiro atoms. The van der Waals surface area contributed by atoms with Crippen molar-refractivity contribution in [3.05, 3.63) is 108 Å². The molecule has 0 fully saturated rings. The second kappa shape index (κ2) is 7.73. The maximum Gasteiger partial charge on any atom is 0.0922 e. The lowest BCUT2D eigenvalue weighted by Crippen LogP contribution is -2.12. The zero-order chi connectivity index (χ0) is 20.5. The molecule has 2 heterocycles. The number of nitrogens with one attached hydrogen (secondary N) is 1. The summed E-state index contributed by atoms with van der Waals surface area (Å²) in [5, 5.41) is 3.13. The smallest absolute Gasteiger partial charge is 0.0922 e. The second-order valence-electron chi connectivity index (χ2n) is 7.45. The minimum absolute atomic E-state index is 0.0414. The average Bonchev–Trinajstić information content (AvgIpc) is 3.43. The average molecular weight is 413 g/mol. The van der Waals surface area contributed by atoms with E-state index in [1.807, 2.05) is 24.5 Å². The summed E-state index contributed by atoms with van der Waals surface area (Å²) in [5.74, 6) is 0. The molecule has 30 heavy (non-hydrogen) atoms. The van der Waals surface area contributed by atoms with Crippen molar-refractivity contribution in [1.29, 1.82) is 0 Å². The number of nitrogens with two attached hydrogens (primary N) is 1. The number of hydrogen-bond acceptors (Lipinski definition) is 2. The van der Waals surface area contributed by atoms with E-state index in [9.17, 15) is 0 Å². The Labute approximate surface area is 180 Å². The molecule has 5 heteroatoms. The van der Waals surface area contributed by atoms with Crippen molar-refractivity contribution in [3.63, 3.8) is 0 Å². The van der Waals surface area contributed by atoms with Crippen LogP contribution in [-0.4, -0.2) is 14.5 Å². The minimum atomic E-state index is 0.0414. The van der Waals surface area contributed by atoms with Gasteiger partial charge in [0.25, 0.3) is 0 Å². The Morgan fingerprint density at radius 3 is 2.53 bits per heavy atom. The first-order chi connectivity index (χ1) is 14.7. The van der Waals surface area contributed by atoms with Gasteiger partial charge in [-0.25, -0.2) is 4.98 Å². The van der Waals surface area contributed by atoms with Crippen molar-refractivity contribution in [2.75, 3.05) is 5.73 Å². The van der Waals surface area contributed by atoms with E-state index in [4.69, 9.17) is 17.3 Å². The van der Waals surface area contributed by atoms with Gasteiger partial charge in [0.05, 0.1) is 29.9 Å². The van der Waals surface area contributed by atoms with Crippen LogP contribution in [0.2, 0.25) is 5.02 Å². The summed E-state index contributed by atoms with van der Waals surface area (Å²) in [6, 6.07) is 22.7. The zero-order valence-corrected chi connectivity index (χ0v) is 17.1. The SMILES string of the molecule is Nc1cn(C(Cc2ccc(Cl)cc2)c2cnc[nH]2)cc1-c1cccc2ccccc12. The van der Waals surface area contributed by atoms with Crippen molar-refractivity contribution >= 4 is 28.1 Å². The number of benzene rings is 3. The Kier molecular flexibility index (Phi) is 4.77. The van der Waals surface area contributed by atoms with Gasteiger partial charge in [-0.05, 0) is 40.5 Å². The first-order valence-electron chi connectivity index (χ1n) is 9.87. The summed E-state index contributed by atoms with van der Waals surface area (Å²) in [4.78, 5) is 7.50. The van der Waals surface area contributed by atoms with Gasteiger partial charge >= 0.3 is 0 Å². The van der Waals surface area contributed by atoms with Crippen molar-refractivity contribution < 1.29 is 0 Å². The molecule has 0 saturated heterocycles. The van der Waals surface area contributed by atoms with E-state index in [1.54, 1.807) is 6.33 Å². The molecule has 3 aromatic carbocycles. The molecular formula is C25H21ClN4. The Balaban J connectivity index is 1.58. The summed E-state index contributed by atoms with van der Waals surface area (Å²) in [7, 11) is 0. The molecule has 0 aliphatic carbocycles. The Morgan fingerprint density at radius 2 is 1.73 bits per heavy atom. The third-order valence-corrected chi connectivity index (χ3v) is 5.79. The quantitative estimate of drug-likeness (QED) is 0.366. The summed E-state index contributed by atoms with van der Waals surface area (Å²) in [5.41, 5.74) is 11.7. The summed E-state index contributed by atoms with van der Waals surface area (Å²) in [6.45, 7) is 0. The van der Waals surface area contributed by atoms with Gasteiger partial charge in [0, 0.05) is 23.0 Å². The van der Waals surface area contributed by atoms with Crippen molar-refractivity contribution in [2.24, 2.45) is 0 Å². The number of aromatic nitrogens is 3. The lowest BCUT2D eigenvalue weighted by molar-refractivity contribution is 0.572.